The molecule has 5 nitrogen and oxygen atoms in total. The third-order valence-corrected chi connectivity index (χ3v) is 4.70. The van der Waals surface area contributed by atoms with Gasteiger partial charge < -0.3 is 4.42 Å². The molecule has 0 unspecified atom stereocenters. The molecule has 0 aliphatic rings. The summed E-state index contributed by atoms with van der Waals surface area (Å²) >= 11 is 0. The number of fused-ring (bicyclic) bond motifs is 1. The zero-order valence-corrected chi connectivity index (χ0v) is 13.4. The zero-order valence-electron chi connectivity index (χ0n) is 12.6. The van der Waals surface area contributed by atoms with Crippen LogP contribution < -0.4 is 4.83 Å². The van der Waals surface area contributed by atoms with Crippen molar-refractivity contribution in [2.75, 3.05) is 0 Å². The molecule has 118 valence electrons. The molecule has 23 heavy (non-hydrogen) atoms. The normalized spacial score (nSPS) is 12.0. The summed E-state index contributed by atoms with van der Waals surface area (Å²) in [5, 5.41) is 5.81. The van der Waals surface area contributed by atoms with Crippen molar-refractivity contribution in [2.24, 2.45) is 5.10 Å². The minimum absolute atomic E-state index is 0.184. The summed E-state index contributed by atoms with van der Waals surface area (Å²) in [6, 6.07) is 14.4. The molecule has 0 fully saturated rings. The lowest BCUT2D eigenvalue weighted by Crippen LogP contribution is -2.18. The van der Waals surface area contributed by atoms with Crippen LogP contribution in [0.25, 0.3) is 10.8 Å². The van der Waals surface area contributed by atoms with E-state index in [-0.39, 0.29) is 4.90 Å². The Morgan fingerprint density at radius 2 is 1.87 bits per heavy atom. The summed E-state index contributed by atoms with van der Waals surface area (Å²) in [5.41, 5.74) is 0.997. The quantitative estimate of drug-likeness (QED) is 0.577. The second kappa shape index (κ2) is 6.26. The van der Waals surface area contributed by atoms with Gasteiger partial charge in [0.25, 0.3) is 10.0 Å². The Balaban J connectivity index is 1.68. The van der Waals surface area contributed by atoms with Crippen LogP contribution in [0.1, 0.15) is 11.3 Å². The number of aryl methyl sites for hydroxylation is 1. The SMILES string of the molecule is Cc1ccc(S(=O)(=O)NN=CCc2occ3ccccc23)cc1. The molecule has 1 aromatic heterocycles. The van der Waals surface area contributed by atoms with Gasteiger partial charge >= 0.3 is 0 Å². The summed E-state index contributed by atoms with van der Waals surface area (Å²) in [5.74, 6) is 0.749. The maximum absolute atomic E-state index is 12.1. The topological polar surface area (TPSA) is 71.7 Å². The van der Waals surface area contributed by atoms with Crippen molar-refractivity contribution in [1.82, 2.24) is 4.83 Å². The number of rotatable bonds is 5. The molecule has 0 amide bonds. The Hall–Kier alpha value is -2.60. The Labute approximate surface area is 134 Å². The lowest BCUT2D eigenvalue weighted by atomic mass is 10.1. The van der Waals surface area contributed by atoms with Crippen LogP contribution in [0.2, 0.25) is 0 Å². The summed E-state index contributed by atoms with van der Waals surface area (Å²) in [6.45, 7) is 1.90. The van der Waals surface area contributed by atoms with Gasteiger partial charge in [0.05, 0.1) is 11.2 Å². The maximum Gasteiger partial charge on any atom is 0.276 e. The van der Waals surface area contributed by atoms with E-state index in [1.54, 1.807) is 30.5 Å². The van der Waals surface area contributed by atoms with Crippen molar-refractivity contribution in [3.63, 3.8) is 0 Å². The molecular formula is C17H16N2O3S. The van der Waals surface area contributed by atoms with Gasteiger partial charge in [0.15, 0.2) is 0 Å². The van der Waals surface area contributed by atoms with E-state index in [0.29, 0.717) is 6.42 Å². The van der Waals surface area contributed by atoms with Crippen LogP contribution in [0.5, 0.6) is 0 Å². The Morgan fingerprint density at radius 3 is 2.65 bits per heavy atom. The van der Waals surface area contributed by atoms with Crippen molar-refractivity contribution in [2.45, 2.75) is 18.2 Å². The van der Waals surface area contributed by atoms with E-state index in [4.69, 9.17) is 4.42 Å². The standard InChI is InChI=1S/C17H16N2O3S/c1-13-6-8-15(9-7-13)23(20,21)19-18-11-10-17-16-5-3-2-4-14(16)12-22-17/h2-9,11-12,19H,10H2,1H3. The summed E-state index contributed by atoms with van der Waals surface area (Å²) < 4.78 is 29.6. The van der Waals surface area contributed by atoms with E-state index in [1.807, 2.05) is 31.2 Å². The zero-order chi connectivity index (χ0) is 16.3. The van der Waals surface area contributed by atoms with Gasteiger partial charge in [0.2, 0.25) is 0 Å². The Kier molecular flexibility index (Phi) is 4.16. The van der Waals surface area contributed by atoms with Gasteiger partial charge in [-0.1, -0.05) is 42.0 Å². The first-order chi connectivity index (χ1) is 11.1. The third kappa shape index (κ3) is 3.43. The van der Waals surface area contributed by atoms with E-state index in [9.17, 15) is 8.42 Å². The average Bonchev–Trinajstić information content (AvgIpc) is 2.95. The van der Waals surface area contributed by atoms with Crippen molar-refractivity contribution in [1.29, 1.82) is 0 Å². The largest absolute Gasteiger partial charge is 0.468 e. The highest BCUT2D eigenvalue weighted by Crippen LogP contribution is 2.20. The molecule has 0 atom stereocenters. The first kappa shape index (κ1) is 15.3. The van der Waals surface area contributed by atoms with E-state index in [2.05, 4.69) is 9.93 Å². The minimum atomic E-state index is -3.64. The molecule has 0 saturated carbocycles. The third-order valence-electron chi connectivity index (χ3n) is 3.46. The van der Waals surface area contributed by atoms with Crippen LogP contribution in [0, 0.1) is 6.92 Å². The molecule has 0 spiro atoms. The summed E-state index contributed by atoms with van der Waals surface area (Å²) in [4.78, 5) is 2.39. The fraction of sp³-hybridized carbons (Fsp3) is 0.118. The number of hydrogen-bond donors (Lipinski definition) is 1. The second-order valence-electron chi connectivity index (χ2n) is 5.17. The molecule has 0 aliphatic heterocycles. The second-order valence-corrected chi connectivity index (χ2v) is 6.83. The van der Waals surface area contributed by atoms with Crippen molar-refractivity contribution >= 4 is 27.0 Å². The van der Waals surface area contributed by atoms with E-state index >= 15 is 0 Å². The van der Waals surface area contributed by atoms with E-state index in [1.165, 1.54) is 6.21 Å². The molecule has 1 heterocycles. The molecule has 0 aliphatic carbocycles. The van der Waals surface area contributed by atoms with Gasteiger partial charge in [-0.15, -0.1) is 0 Å². The number of sulfonamides is 1. The van der Waals surface area contributed by atoms with Crippen molar-refractivity contribution < 1.29 is 12.8 Å². The van der Waals surface area contributed by atoms with Gasteiger partial charge in [-0.3, -0.25) is 0 Å². The highest BCUT2D eigenvalue weighted by Gasteiger charge is 2.11. The van der Waals surface area contributed by atoms with Crippen LogP contribution in [-0.2, 0) is 16.4 Å². The van der Waals surface area contributed by atoms with E-state index < -0.39 is 10.0 Å². The molecule has 2 aromatic carbocycles. The van der Waals surface area contributed by atoms with Crippen LogP contribution in [0.15, 0.2) is 69.2 Å². The number of furan rings is 1. The molecule has 0 radical (unpaired) electrons. The fourth-order valence-electron chi connectivity index (χ4n) is 2.22. The average molecular weight is 328 g/mol. The summed E-state index contributed by atoms with van der Waals surface area (Å²) in [6.07, 6.45) is 3.57. The molecular weight excluding hydrogens is 312 g/mol. The fourth-order valence-corrected chi connectivity index (χ4v) is 3.03. The summed E-state index contributed by atoms with van der Waals surface area (Å²) in [7, 11) is -3.64. The molecule has 1 N–H and O–H groups in total. The van der Waals surface area contributed by atoms with Crippen LogP contribution >= 0.6 is 0 Å². The number of benzene rings is 2. The monoisotopic (exact) mass is 328 g/mol. The lowest BCUT2D eigenvalue weighted by Gasteiger charge is -2.03. The molecule has 0 saturated heterocycles. The first-order valence-corrected chi connectivity index (χ1v) is 8.60. The number of hydrazone groups is 1. The predicted octanol–water partition coefficient (Wildman–Crippen LogP) is 3.25. The number of hydrogen-bond acceptors (Lipinski definition) is 4. The smallest absolute Gasteiger partial charge is 0.276 e. The van der Waals surface area contributed by atoms with Gasteiger partial charge in [0, 0.05) is 23.4 Å². The molecule has 3 aromatic rings. The molecule has 3 rings (SSSR count). The predicted molar refractivity (Wildman–Crippen MR) is 89.9 cm³/mol. The molecule has 0 bridgehead atoms. The highest BCUT2D eigenvalue weighted by atomic mass is 32.2. The van der Waals surface area contributed by atoms with E-state index in [0.717, 1.165) is 22.1 Å². The lowest BCUT2D eigenvalue weighted by molar-refractivity contribution is 0.532. The maximum atomic E-state index is 12.1. The van der Waals surface area contributed by atoms with Crippen molar-refractivity contribution in [3.8, 4) is 0 Å². The number of nitrogens with zero attached hydrogens (tertiary/aromatic N) is 1. The van der Waals surface area contributed by atoms with Crippen LogP contribution in [-0.4, -0.2) is 14.6 Å². The Bertz CT molecular complexity index is 941. The van der Waals surface area contributed by atoms with Crippen molar-refractivity contribution in [3.05, 3.63) is 66.1 Å². The van der Waals surface area contributed by atoms with Gasteiger partial charge in [0.1, 0.15) is 5.76 Å². The Morgan fingerprint density at radius 1 is 1.13 bits per heavy atom. The highest BCUT2D eigenvalue weighted by molar-refractivity contribution is 7.89. The van der Waals surface area contributed by atoms with Crippen LogP contribution in [0.3, 0.4) is 0 Å². The number of nitrogens with one attached hydrogen (secondary N) is 1. The minimum Gasteiger partial charge on any atom is -0.468 e. The molecule has 6 heteroatoms. The van der Waals surface area contributed by atoms with Gasteiger partial charge in [-0.2, -0.15) is 13.5 Å². The first-order valence-electron chi connectivity index (χ1n) is 7.11. The van der Waals surface area contributed by atoms with Gasteiger partial charge in [-0.25, -0.2) is 4.83 Å². The van der Waals surface area contributed by atoms with Gasteiger partial charge in [-0.05, 0) is 19.1 Å². The van der Waals surface area contributed by atoms with Crippen LogP contribution in [0.4, 0.5) is 0 Å².